The Kier molecular flexibility index (Phi) is 3.25. The monoisotopic (exact) mass is 295 g/mol. The Balaban J connectivity index is 2.16. The molecule has 0 amide bonds. The van der Waals surface area contributed by atoms with Gasteiger partial charge in [0, 0.05) is 6.54 Å². The van der Waals surface area contributed by atoms with E-state index in [9.17, 15) is 4.79 Å². The van der Waals surface area contributed by atoms with Gasteiger partial charge in [0.25, 0.3) is 5.56 Å². The highest BCUT2D eigenvalue weighted by atomic mass is 79.9. The lowest BCUT2D eigenvalue weighted by Gasteiger charge is -2.12. The second-order valence-electron chi connectivity index (χ2n) is 4.70. The first-order chi connectivity index (χ1) is 8.06. The van der Waals surface area contributed by atoms with Crippen LogP contribution in [0.15, 0.2) is 15.5 Å². The van der Waals surface area contributed by atoms with E-state index < -0.39 is 0 Å². The fourth-order valence-corrected chi connectivity index (χ4v) is 1.93. The van der Waals surface area contributed by atoms with Crippen LogP contribution >= 0.6 is 15.9 Å². The number of hydrogen-bond acceptors (Lipinski definition) is 3. The summed E-state index contributed by atoms with van der Waals surface area (Å²) in [5.74, 6) is 2.40. The van der Waals surface area contributed by atoms with Crippen molar-refractivity contribution >= 4 is 21.6 Å². The minimum absolute atomic E-state index is 0.190. The molecule has 0 aromatic carbocycles. The van der Waals surface area contributed by atoms with E-state index in [0.29, 0.717) is 9.89 Å². The first kappa shape index (κ1) is 12.2. The van der Waals surface area contributed by atoms with Crippen LogP contribution in [0.2, 0.25) is 0 Å². The highest BCUT2D eigenvalue weighted by molar-refractivity contribution is 9.10. The first-order valence-corrected chi connectivity index (χ1v) is 6.28. The van der Waals surface area contributed by atoms with Gasteiger partial charge in [-0.2, -0.15) is 5.10 Å². The van der Waals surface area contributed by atoms with Crippen molar-refractivity contribution in [3.63, 3.8) is 0 Å². The molecule has 0 unspecified atom stereocenters. The van der Waals surface area contributed by atoms with E-state index in [1.165, 1.54) is 17.5 Å². The third-order valence-electron chi connectivity index (χ3n) is 3.04. The molecule has 2 rings (SSSR count). The van der Waals surface area contributed by atoms with E-state index >= 15 is 0 Å². The maximum absolute atomic E-state index is 11.8. The van der Waals surface area contributed by atoms with Crippen LogP contribution in [-0.2, 0) is 6.54 Å². The highest BCUT2D eigenvalue weighted by Crippen LogP contribution is 2.44. The summed E-state index contributed by atoms with van der Waals surface area (Å²) in [5, 5.41) is 7.27. The van der Waals surface area contributed by atoms with Crippen molar-refractivity contribution in [1.82, 2.24) is 9.78 Å². The molecule has 90 valence electrons. The maximum atomic E-state index is 11.8. The molecule has 17 heavy (non-hydrogen) atoms. The molecule has 5 heteroatoms. The Bertz CT molecular complexity index is 526. The lowest BCUT2D eigenvalue weighted by Crippen LogP contribution is -2.25. The molecule has 0 bridgehead atoms. The van der Waals surface area contributed by atoms with Gasteiger partial charge in [0.05, 0.1) is 11.9 Å². The van der Waals surface area contributed by atoms with Crippen LogP contribution in [0, 0.1) is 17.8 Å². The maximum Gasteiger partial charge on any atom is 0.284 e. The Labute approximate surface area is 109 Å². The number of anilines is 1. The summed E-state index contributed by atoms with van der Waals surface area (Å²) in [5.41, 5.74) is 0.915. The third kappa shape index (κ3) is 2.70. The standard InChI is InChI=1S/C12H14BrN3O/c1-3-6-16-11(17)10(13)9(7-15-16)14-8-12(2)4-5-12/h1,7,14H,4-6,8H2,2H3. The fraction of sp³-hybridized carbons (Fsp3) is 0.500. The van der Waals surface area contributed by atoms with Gasteiger partial charge in [-0.05, 0) is 34.2 Å². The van der Waals surface area contributed by atoms with Gasteiger partial charge in [-0.3, -0.25) is 4.79 Å². The predicted octanol–water partition coefficient (Wildman–Crippen LogP) is 1.85. The number of hydrogen-bond donors (Lipinski definition) is 1. The number of aromatic nitrogens is 2. The number of nitrogens with zero attached hydrogens (tertiary/aromatic N) is 2. The Morgan fingerprint density at radius 1 is 1.71 bits per heavy atom. The molecule has 1 aromatic rings. The van der Waals surface area contributed by atoms with Crippen LogP contribution in [-0.4, -0.2) is 16.3 Å². The molecule has 0 radical (unpaired) electrons. The molecule has 1 aliphatic carbocycles. The second kappa shape index (κ2) is 4.53. The fourth-order valence-electron chi connectivity index (χ4n) is 1.49. The zero-order valence-corrected chi connectivity index (χ0v) is 11.2. The summed E-state index contributed by atoms with van der Waals surface area (Å²) in [7, 11) is 0. The molecule has 4 nitrogen and oxygen atoms in total. The molecular weight excluding hydrogens is 282 g/mol. The summed E-state index contributed by atoms with van der Waals surface area (Å²) in [6.07, 6.45) is 9.27. The molecular formula is C12H14BrN3O. The Morgan fingerprint density at radius 3 is 3.00 bits per heavy atom. The zero-order chi connectivity index (χ0) is 12.5. The third-order valence-corrected chi connectivity index (χ3v) is 3.80. The lowest BCUT2D eigenvalue weighted by molar-refractivity contribution is 0.607. The summed E-state index contributed by atoms with van der Waals surface area (Å²) < 4.78 is 1.75. The average molecular weight is 296 g/mol. The summed E-state index contributed by atoms with van der Waals surface area (Å²) in [6, 6.07) is 0. The molecule has 1 aliphatic rings. The number of nitrogens with one attached hydrogen (secondary N) is 1. The van der Waals surface area contributed by atoms with E-state index in [1.807, 2.05) is 0 Å². The molecule has 1 fully saturated rings. The van der Waals surface area contributed by atoms with Crippen molar-refractivity contribution in [3.8, 4) is 12.3 Å². The zero-order valence-electron chi connectivity index (χ0n) is 9.66. The molecule has 0 saturated heterocycles. The Morgan fingerprint density at radius 2 is 2.41 bits per heavy atom. The lowest BCUT2D eigenvalue weighted by atomic mass is 10.1. The number of terminal acetylenes is 1. The van der Waals surface area contributed by atoms with Gasteiger partial charge in [-0.1, -0.05) is 12.8 Å². The molecule has 0 atom stereocenters. The molecule has 1 saturated carbocycles. The van der Waals surface area contributed by atoms with Gasteiger partial charge in [-0.15, -0.1) is 6.42 Å². The Hall–Kier alpha value is -1.28. The predicted molar refractivity (Wildman–Crippen MR) is 70.9 cm³/mol. The van der Waals surface area contributed by atoms with Crippen molar-refractivity contribution < 1.29 is 0 Å². The van der Waals surface area contributed by atoms with Crippen LogP contribution in [0.25, 0.3) is 0 Å². The van der Waals surface area contributed by atoms with Gasteiger partial charge in [0.2, 0.25) is 0 Å². The first-order valence-electron chi connectivity index (χ1n) is 5.49. The molecule has 1 heterocycles. The van der Waals surface area contributed by atoms with Gasteiger partial charge in [0.15, 0.2) is 0 Å². The van der Waals surface area contributed by atoms with E-state index in [0.717, 1.165) is 12.2 Å². The highest BCUT2D eigenvalue weighted by Gasteiger charge is 2.36. The summed E-state index contributed by atoms with van der Waals surface area (Å²) in [6.45, 7) is 3.28. The molecule has 1 N–H and O–H groups in total. The van der Waals surface area contributed by atoms with E-state index in [1.54, 1.807) is 6.20 Å². The van der Waals surface area contributed by atoms with Gasteiger partial charge in [0.1, 0.15) is 11.0 Å². The van der Waals surface area contributed by atoms with Crippen LogP contribution in [0.4, 0.5) is 5.69 Å². The van der Waals surface area contributed by atoms with Crippen molar-refractivity contribution in [2.45, 2.75) is 26.3 Å². The second-order valence-corrected chi connectivity index (χ2v) is 5.50. The number of rotatable bonds is 4. The average Bonchev–Trinajstić information content (AvgIpc) is 3.03. The van der Waals surface area contributed by atoms with Crippen molar-refractivity contribution in [3.05, 3.63) is 21.0 Å². The van der Waals surface area contributed by atoms with Crippen LogP contribution in [0.3, 0.4) is 0 Å². The minimum atomic E-state index is -0.200. The van der Waals surface area contributed by atoms with E-state index in [2.05, 4.69) is 39.2 Å². The van der Waals surface area contributed by atoms with E-state index in [-0.39, 0.29) is 12.1 Å². The van der Waals surface area contributed by atoms with Crippen molar-refractivity contribution in [2.24, 2.45) is 5.41 Å². The van der Waals surface area contributed by atoms with Crippen molar-refractivity contribution in [2.75, 3.05) is 11.9 Å². The smallest absolute Gasteiger partial charge is 0.284 e. The van der Waals surface area contributed by atoms with E-state index in [4.69, 9.17) is 6.42 Å². The van der Waals surface area contributed by atoms with Crippen molar-refractivity contribution in [1.29, 1.82) is 0 Å². The largest absolute Gasteiger partial charge is 0.382 e. The van der Waals surface area contributed by atoms with Crippen LogP contribution in [0.5, 0.6) is 0 Å². The molecule has 0 aliphatic heterocycles. The van der Waals surface area contributed by atoms with Gasteiger partial charge >= 0.3 is 0 Å². The summed E-state index contributed by atoms with van der Waals surface area (Å²) in [4.78, 5) is 11.8. The van der Waals surface area contributed by atoms with Crippen LogP contribution < -0.4 is 10.9 Å². The normalized spacial score (nSPS) is 16.3. The summed E-state index contributed by atoms with van der Waals surface area (Å²) >= 11 is 3.28. The quantitative estimate of drug-likeness (QED) is 0.863. The van der Waals surface area contributed by atoms with Gasteiger partial charge in [-0.25, -0.2) is 4.68 Å². The minimum Gasteiger partial charge on any atom is -0.382 e. The number of halogens is 1. The molecule has 0 spiro atoms. The van der Waals surface area contributed by atoms with Crippen LogP contribution in [0.1, 0.15) is 19.8 Å². The SMILES string of the molecule is C#CCn1ncc(NCC2(C)CC2)c(Br)c1=O. The topological polar surface area (TPSA) is 46.9 Å². The van der Waals surface area contributed by atoms with Gasteiger partial charge < -0.3 is 5.32 Å². The molecule has 1 aromatic heterocycles.